The van der Waals surface area contributed by atoms with E-state index in [2.05, 4.69) is 9.71 Å². The van der Waals surface area contributed by atoms with E-state index in [1.807, 2.05) is 25.1 Å². The number of rotatable bonds is 4. The largest absolute Gasteiger partial charge is 0.260 e. The van der Waals surface area contributed by atoms with Gasteiger partial charge in [0.25, 0.3) is 0 Å². The van der Waals surface area contributed by atoms with Crippen LogP contribution in [0, 0.1) is 13.8 Å². The zero-order valence-electron chi connectivity index (χ0n) is 10.9. The Balaban J connectivity index is 2.20. The van der Waals surface area contributed by atoms with Gasteiger partial charge in [0.2, 0.25) is 10.0 Å². The average molecular weight is 276 g/mol. The Labute approximate surface area is 113 Å². The number of benzene rings is 1. The molecule has 0 fully saturated rings. The molecule has 100 valence electrons. The van der Waals surface area contributed by atoms with E-state index in [0.29, 0.717) is 4.90 Å². The van der Waals surface area contributed by atoms with E-state index in [-0.39, 0.29) is 6.54 Å². The van der Waals surface area contributed by atoms with E-state index >= 15 is 0 Å². The molecule has 0 amide bonds. The lowest BCUT2D eigenvalue weighted by atomic mass is 10.2. The fourth-order valence-corrected chi connectivity index (χ4v) is 3.03. The molecule has 0 aliphatic heterocycles. The van der Waals surface area contributed by atoms with Crippen molar-refractivity contribution in [1.82, 2.24) is 9.71 Å². The Morgan fingerprint density at radius 2 is 1.74 bits per heavy atom. The van der Waals surface area contributed by atoms with Crippen molar-refractivity contribution >= 4 is 10.0 Å². The molecule has 1 heterocycles. The van der Waals surface area contributed by atoms with Crippen LogP contribution in [0.15, 0.2) is 47.5 Å². The molecule has 0 radical (unpaired) electrons. The molecule has 0 bridgehead atoms. The molecule has 4 nitrogen and oxygen atoms in total. The minimum absolute atomic E-state index is 0.198. The predicted octanol–water partition coefficient (Wildman–Crippen LogP) is 2.18. The van der Waals surface area contributed by atoms with Crippen LogP contribution in [0.5, 0.6) is 0 Å². The number of nitrogens with zero attached hydrogens (tertiary/aromatic N) is 1. The van der Waals surface area contributed by atoms with Crippen molar-refractivity contribution < 1.29 is 8.42 Å². The topological polar surface area (TPSA) is 59.1 Å². The second-order valence-electron chi connectivity index (χ2n) is 4.36. The van der Waals surface area contributed by atoms with Gasteiger partial charge in [-0.3, -0.25) is 4.98 Å². The normalized spacial score (nSPS) is 11.5. The summed E-state index contributed by atoms with van der Waals surface area (Å²) in [5.74, 6) is 0. The molecule has 5 heteroatoms. The first-order chi connectivity index (χ1) is 9.00. The third-order valence-electron chi connectivity index (χ3n) is 2.93. The average Bonchev–Trinajstić information content (AvgIpc) is 2.38. The van der Waals surface area contributed by atoms with Crippen molar-refractivity contribution in [3.63, 3.8) is 0 Å². The van der Waals surface area contributed by atoms with E-state index in [1.54, 1.807) is 31.3 Å². The van der Waals surface area contributed by atoms with Crippen molar-refractivity contribution in [2.45, 2.75) is 25.3 Å². The molecule has 0 saturated carbocycles. The van der Waals surface area contributed by atoms with Crippen molar-refractivity contribution in [2.75, 3.05) is 0 Å². The second kappa shape index (κ2) is 5.50. The first kappa shape index (κ1) is 13.7. The van der Waals surface area contributed by atoms with E-state index in [0.717, 1.165) is 16.8 Å². The molecule has 2 rings (SSSR count). The minimum Gasteiger partial charge on any atom is -0.260 e. The summed E-state index contributed by atoms with van der Waals surface area (Å²) >= 11 is 0. The van der Waals surface area contributed by atoms with E-state index in [4.69, 9.17) is 0 Å². The van der Waals surface area contributed by atoms with Gasteiger partial charge in [-0.25, -0.2) is 13.1 Å². The van der Waals surface area contributed by atoms with Crippen LogP contribution in [0.2, 0.25) is 0 Å². The van der Waals surface area contributed by atoms with Gasteiger partial charge < -0.3 is 0 Å². The van der Waals surface area contributed by atoms with E-state index in [1.165, 1.54) is 0 Å². The number of hydrogen-bond donors (Lipinski definition) is 1. The van der Waals surface area contributed by atoms with Gasteiger partial charge in [-0.1, -0.05) is 24.3 Å². The number of hydrogen-bond acceptors (Lipinski definition) is 3. The highest BCUT2D eigenvalue weighted by atomic mass is 32.2. The SMILES string of the molecule is Cc1ccccc1S(=O)(=O)NCc1ncccc1C. The van der Waals surface area contributed by atoms with Gasteiger partial charge in [0.1, 0.15) is 0 Å². The Bertz CT molecular complexity index is 681. The highest BCUT2D eigenvalue weighted by molar-refractivity contribution is 7.89. The summed E-state index contributed by atoms with van der Waals surface area (Å²) in [7, 11) is -3.50. The fraction of sp³-hybridized carbons (Fsp3) is 0.214. The zero-order valence-corrected chi connectivity index (χ0v) is 11.7. The number of aryl methyl sites for hydroxylation is 2. The molecule has 0 saturated heterocycles. The van der Waals surface area contributed by atoms with Crippen LogP contribution in [0.1, 0.15) is 16.8 Å². The van der Waals surface area contributed by atoms with Gasteiger partial charge in [0, 0.05) is 6.20 Å². The smallest absolute Gasteiger partial charge is 0.241 e. The predicted molar refractivity (Wildman–Crippen MR) is 74.2 cm³/mol. The zero-order chi connectivity index (χ0) is 13.9. The summed E-state index contributed by atoms with van der Waals surface area (Å²) < 4.78 is 27.0. The van der Waals surface area contributed by atoms with Crippen molar-refractivity contribution in [1.29, 1.82) is 0 Å². The maximum absolute atomic E-state index is 12.2. The van der Waals surface area contributed by atoms with Crippen LogP contribution in [0.3, 0.4) is 0 Å². The van der Waals surface area contributed by atoms with Crippen LogP contribution >= 0.6 is 0 Å². The van der Waals surface area contributed by atoms with Crippen molar-refractivity contribution in [3.8, 4) is 0 Å². The van der Waals surface area contributed by atoms with Crippen molar-refractivity contribution in [3.05, 3.63) is 59.4 Å². The first-order valence-electron chi connectivity index (χ1n) is 5.96. The Morgan fingerprint density at radius 1 is 1.05 bits per heavy atom. The minimum atomic E-state index is -3.50. The maximum Gasteiger partial charge on any atom is 0.241 e. The number of nitrogens with one attached hydrogen (secondary N) is 1. The van der Waals surface area contributed by atoms with Gasteiger partial charge in [-0.2, -0.15) is 0 Å². The highest BCUT2D eigenvalue weighted by Gasteiger charge is 2.16. The van der Waals surface area contributed by atoms with Gasteiger partial charge in [-0.05, 0) is 37.1 Å². The Morgan fingerprint density at radius 3 is 2.42 bits per heavy atom. The fourth-order valence-electron chi connectivity index (χ4n) is 1.80. The maximum atomic E-state index is 12.2. The molecular formula is C14H16N2O2S. The molecule has 1 aromatic heterocycles. The lowest BCUT2D eigenvalue weighted by Crippen LogP contribution is -2.24. The molecule has 0 atom stereocenters. The second-order valence-corrected chi connectivity index (χ2v) is 6.09. The van der Waals surface area contributed by atoms with Gasteiger partial charge in [-0.15, -0.1) is 0 Å². The summed E-state index contributed by atoms with van der Waals surface area (Å²) in [6.07, 6.45) is 1.66. The standard InChI is InChI=1S/C14H16N2O2S/c1-11-7-5-9-15-13(11)10-16-19(17,18)14-8-4-3-6-12(14)2/h3-9,16H,10H2,1-2H3. The number of aromatic nitrogens is 1. The number of sulfonamides is 1. The summed E-state index contributed by atoms with van der Waals surface area (Å²) in [6.45, 7) is 3.88. The van der Waals surface area contributed by atoms with Gasteiger partial charge in [0.05, 0.1) is 17.1 Å². The molecule has 2 aromatic rings. The lowest BCUT2D eigenvalue weighted by Gasteiger charge is -2.09. The summed E-state index contributed by atoms with van der Waals surface area (Å²) in [6, 6.07) is 10.6. The van der Waals surface area contributed by atoms with Crippen LogP contribution in [-0.4, -0.2) is 13.4 Å². The Kier molecular flexibility index (Phi) is 3.97. The molecule has 1 aromatic carbocycles. The van der Waals surface area contributed by atoms with Crippen molar-refractivity contribution in [2.24, 2.45) is 0 Å². The summed E-state index contributed by atoms with van der Waals surface area (Å²) in [5, 5.41) is 0. The van der Waals surface area contributed by atoms with Crippen LogP contribution in [-0.2, 0) is 16.6 Å². The molecule has 19 heavy (non-hydrogen) atoms. The van der Waals surface area contributed by atoms with Gasteiger partial charge >= 0.3 is 0 Å². The third-order valence-corrected chi connectivity index (χ3v) is 4.49. The van der Waals surface area contributed by atoms with E-state index in [9.17, 15) is 8.42 Å². The van der Waals surface area contributed by atoms with Gasteiger partial charge in [0.15, 0.2) is 0 Å². The quantitative estimate of drug-likeness (QED) is 0.931. The molecule has 0 aliphatic rings. The molecule has 1 N–H and O–H groups in total. The van der Waals surface area contributed by atoms with Crippen LogP contribution < -0.4 is 4.72 Å². The molecule has 0 unspecified atom stereocenters. The first-order valence-corrected chi connectivity index (χ1v) is 7.45. The van der Waals surface area contributed by atoms with Crippen LogP contribution in [0.25, 0.3) is 0 Å². The summed E-state index contributed by atoms with van der Waals surface area (Å²) in [5.41, 5.74) is 2.43. The van der Waals surface area contributed by atoms with E-state index < -0.39 is 10.0 Å². The van der Waals surface area contributed by atoms with Crippen LogP contribution in [0.4, 0.5) is 0 Å². The Hall–Kier alpha value is -1.72. The lowest BCUT2D eigenvalue weighted by molar-refractivity contribution is 0.579. The third kappa shape index (κ3) is 3.19. The molecule has 0 aliphatic carbocycles. The molecular weight excluding hydrogens is 260 g/mol. The highest BCUT2D eigenvalue weighted by Crippen LogP contribution is 2.14. The summed E-state index contributed by atoms with van der Waals surface area (Å²) in [4.78, 5) is 4.48. The monoisotopic (exact) mass is 276 g/mol. The molecule has 0 spiro atoms. The number of pyridine rings is 1.